The largest absolute Gasteiger partial charge is 0.339 e. The first kappa shape index (κ1) is 21.0. The van der Waals surface area contributed by atoms with Crippen molar-refractivity contribution in [3.63, 3.8) is 0 Å². The highest BCUT2D eigenvalue weighted by Crippen LogP contribution is 2.23. The number of halogens is 2. The molecular formula is C17H28Cl2N4O. The molecule has 0 radical (unpaired) electrons. The van der Waals surface area contributed by atoms with Crippen molar-refractivity contribution in [2.45, 2.75) is 33.7 Å². The third-order valence-electron chi connectivity index (χ3n) is 4.13. The van der Waals surface area contributed by atoms with E-state index >= 15 is 0 Å². The van der Waals surface area contributed by atoms with Gasteiger partial charge in [0, 0.05) is 31.3 Å². The van der Waals surface area contributed by atoms with E-state index in [1.165, 1.54) is 0 Å². The van der Waals surface area contributed by atoms with Crippen molar-refractivity contribution in [1.82, 2.24) is 20.0 Å². The zero-order valence-corrected chi connectivity index (χ0v) is 16.5. The fraction of sp³-hybridized carbons (Fsp3) is 0.647. The van der Waals surface area contributed by atoms with Crippen LogP contribution >= 0.6 is 24.0 Å². The standard InChI is InChI=1S/C17H27ClN4O.ClH/c1-12(2)10-22-17(18)15(13(3)20-22)5-6-16(23)21-8-7-14(11-21)9-19-4;/h5-6,12,14,19H,7-11H2,1-4H3;1H/b6-5+;. The summed E-state index contributed by atoms with van der Waals surface area (Å²) < 4.78 is 1.81. The van der Waals surface area contributed by atoms with Crippen LogP contribution in [0, 0.1) is 18.8 Å². The first-order valence-corrected chi connectivity index (χ1v) is 8.64. The van der Waals surface area contributed by atoms with E-state index in [1.54, 1.807) is 12.2 Å². The molecule has 1 amide bonds. The number of hydrogen-bond acceptors (Lipinski definition) is 3. The quantitative estimate of drug-likeness (QED) is 0.778. The number of nitrogens with one attached hydrogen (secondary N) is 1. The summed E-state index contributed by atoms with van der Waals surface area (Å²) in [6.07, 6.45) is 4.49. The highest BCUT2D eigenvalue weighted by atomic mass is 35.5. The third-order valence-corrected chi connectivity index (χ3v) is 4.53. The van der Waals surface area contributed by atoms with Crippen molar-refractivity contribution < 1.29 is 4.79 Å². The van der Waals surface area contributed by atoms with Gasteiger partial charge in [0.2, 0.25) is 5.91 Å². The van der Waals surface area contributed by atoms with E-state index in [4.69, 9.17) is 11.6 Å². The Hall–Kier alpha value is -1.04. The summed E-state index contributed by atoms with van der Waals surface area (Å²) in [7, 11) is 1.95. The SMILES string of the molecule is CNCC1CCN(C(=O)/C=C/c2c(C)nn(CC(C)C)c2Cl)C1.Cl. The fourth-order valence-electron chi connectivity index (χ4n) is 2.97. The van der Waals surface area contributed by atoms with Crippen LogP contribution in [0.1, 0.15) is 31.5 Å². The van der Waals surface area contributed by atoms with Gasteiger partial charge in [-0.05, 0) is 44.8 Å². The molecule has 24 heavy (non-hydrogen) atoms. The predicted octanol–water partition coefficient (Wildman–Crippen LogP) is 3.00. The number of rotatable bonds is 6. The topological polar surface area (TPSA) is 50.2 Å². The molecule has 2 rings (SSSR count). The minimum atomic E-state index is 0. The van der Waals surface area contributed by atoms with Gasteiger partial charge in [0.1, 0.15) is 5.15 Å². The molecule has 1 N–H and O–H groups in total. The molecule has 0 saturated carbocycles. The summed E-state index contributed by atoms with van der Waals surface area (Å²) in [4.78, 5) is 14.2. The van der Waals surface area contributed by atoms with Crippen LogP contribution in [0.3, 0.4) is 0 Å². The van der Waals surface area contributed by atoms with Gasteiger partial charge >= 0.3 is 0 Å². The lowest BCUT2D eigenvalue weighted by atomic mass is 10.1. The lowest BCUT2D eigenvalue weighted by Crippen LogP contribution is -2.28. The van der Waals surface area contributed by atoms with E-state index in [0.29, 0.717) is 17.0 Å². The Balaban J connectivity index is 0.00000288. The summed E-state index contributed by atoms with van der Waals surface area (Å²) >= 11 is 6.40. The van der Waals surface area contributed by atoms with Gasteiger partial charge in [-0.1, -0.05) is 25.4 Å². The highest BCUT2D eigenvalue weighted by Gasteiger charge is 2.24. The summed E-state index contributed by atoms with van der Waals surface area (Å²) in [6, 6.07) is 0. The van der Waals surface area contributed by atoms with Gasteiger partial charge in [0.05, 0.1) is 5.69 Å². The maximum absolute atomic E-state index is 12.3. The van der Waals surface area contributed by atoms with Gasteiger partial charge < -0.3 is 10.2 Å². The normalized spacial score (nSPS) is 17.8. The number of carbonyl (C=O) groups excluding carboxylic acids is 1. The fourth-order valence-corrected chi connectivity index (χ4v) is 3.28. The van der Waals surface area contributed by atoms with Crippen molar-refractivity contribution in [2.75, 3.05) is 26.7 Å². The summed E-state index contributed by atoms with van der Waals surface area (Å²) in [5.74, 6) is 1.08. The molecule has 0 aromatic carbocycles. The smallest absolute Gasteiger partial charge is 0.246 e. The average Bonchev–Trinajstić information content (AvgIpc) is 3.03. The molecule has 0 spiro atoms. The average molecular weight is 375 g/mol. The molecule has 1 aliphatic rings. The lowest BCUT2D eigenvalue weighted by molar-refractivity contribution is -0.125. The minimum absolute atomic E-state index is 0. The predicted molar refractivity (Wildman–Crippen MR) is 102 cm³/mol. The Kier molecular flexibility index (Phi) is 8.27. The molecule has 1 aliphatic heterocycles. The molecular weight excluding hydrogens is 347 g/mol. The Labute approximate surface area is 155 Å². The molecule has 7 heteroatoms. The maximum atomic E-state index is 12.3. The summed E-state index contributed by atoms with van der Waals surface area (Å²) in [6.45, 7) is 9.56. The number of carbonyl (C=O) groups is 1. The van der Waals surface area contributed by atoms with Gasteiger partial charge in [0.25, 0.3) is 0 Å². The molecule has 2 heterocycles. The van der Waals surface area contributed by atoms with Crippen LogP contribution in [0.2, 0.25) is 5.15 Å². The first-order chi connectivity index (χ1) is 10.9. The Morgan fingerprint density at radius 2 is 2.21 bits per heavy atom. The van der Waals surface area contributed by atoms with Crippen molar-refractivity contribution in [2.24, 2.45) is 11.8 Å². The molecule has 136 valence electrons. The van der Waals surface area contributed by atoms with E-state index in [0.717, 1.165) is 43.9 Å². The highest BCUT2D eigenvalue weighted by molar-refractivity contribution is 6.31. The van der Waals surface area contributed by atoms with Crippen LogP contribution in [-0.4, -0.2) is 47.3 Å². The van der Waals surface area contributed by atoms with E-state index < -0.39 is 0 Å². The third kappa shape index (κ3) is 5.23. The molecule has 1 unspecified atom stereocenters. The van der Waals surface area contributed by atoms with E-state index in [1.807, 2.05) is 23.6 Å². The van der Waals surface area contributed by atoms with Crippen molar-refractivity contribution in [1.29, 1.82) is 0 Å². The molecule has 0 aliphatic carbocycles. The molecule has 0 bridgehead atoms. The van der Waals surface area contributed by atoms with Gasteiger partial charge in [-0.15, -0.1) is 12.4 Å². The second kappa shape index (κ2) is 9.44. The number of aromatic nitrogens is 2. The first-order valence-electron chi connectivity index (χ1n) is 8.26. The van der Waals surface area contributed by atoms with E-state index in [-0.39, 0.29) is 18.3 Å². The number of likely N-dealkylation sites (tertiary alicyclic amines) is 1. The molecule has 5 nitrogen and oxygen atoms in total. The van der Waals surface area contributed by atoms with Crippen molar-refractivity contribution in [3.05, 3.63) is 22.5 Å². The molecule has 1 aromatic rings. The van der Waals surface area contributed by atoms with Gasteiger partial charge in [-0.2, -0.15) is 5.10 Å². The van der Waals surface area contributed by atoms with Gasteiger partial charge in [-0.3, -0.25) is 9.48 Å². The van der Waals surface area contributed by atoms with Crippen LogP contribution in [0.15, 0.2) is 6.08 Å². The molecule has 1 fully saturated rings. The molecule has 1 saturated heterocycles. The number of nitrogens with zero attached hydrogens (tertiary/aromatic N) is 3. The zero-order chi connectivity index (χ0) is 17.0. The molecule has 1 aromatic heterocycles. The monoisotopic (exact) mass is 374 g/mol. The van der Waals surface area contributed by atoms with Gasteiger partial charge in [-0.25, -0.2) is 0 Å². The minimum Gasteiger partial charge on any atom is -0.339 e. The van der Waals surface area contributed by atoms with Crippen LogP contribution in [0.5, 0.6) is 0 Å². The van der Waals surface area contributed by atoms with E-state index in [9.17, 15) is 4.79 Å². The van der Waals surface area contributed by atoms with Gasteiger partial charge in [0.15, 0.2) is 0 Å². The Bertz CT molecular complexity index is 583. The van der Waals surface area contributed by atoms with Crippen LogP contribution in [0.4, 0.5) is 0 Å². The number of amides is 1. The van der Waals surface area contributed by atoms with Crippen LogP contribution in [0.25, 0.3) is 6.08 Å². The maximum Gasteiger partial charge on any atom is 0.246 e. The summed E-state index contributed by atoms with van der Waals surface area (Å²) in [5.41, 5.74) is 1.70. The second-order valence-corrected chi connectivity index (χ2v) is 7.05. The lowest BCUT2D eigenvalue weighted by Gasteiger charge is -2.14. The van der Waals surface area contributed by atoms with Crippen LogP contribution in [-0.2, 0) is 11.3 Å². The van der Waals surface area contributed by atoms with Crippen LogP contribution < -0.4 is 5.32 Å². The Morgan fingerprint density at radius 1 is 1.50 bits per heavy atom. The second-order valence-electron chi connectivity index (χ2n) is 6.70. The number of aryl methyl sites for hydroxylation is 1. The zero-order valence-electron chi connectivity index (χ0n) is 14.9. The summed E-state index contributed by atoms with van der Waals surface area (Å²) in [5, 5.41) is 8.24. The van der Waals surface area contributed by atoms with Crippen molar-refractivity contribution >= 4 is 36.0 Å². The molecule has 1 atom stereocenters. The van der Waals surface area contributed by atoms with E-state index in [2.05, 4.69) is 24.3 Å². The number of hydrogen-bond donors (Lipinski definition) is 1. The Morgan fingerprint density at radius 3 is 2.83 bits per heavy atom. The van der Waals surface area contributed by atoms with Crippen molar-refractivity contribution in [3.8, 4) is 0 Å².